The number of amides is 1. The summed E-state index contributed by atoms with van der Waals surface area (Å²) in [5, 5.41) is 32.0. The lowest BCUT2D eigenvalue weighted by Gasteiger charge is -2.39. The predicted molar refractivity (Wildman–Crippen MR) is 180 cm³/mol. The normalized spacial score (nSPS) is 34.2. The maximum Gasteiger partial charge on any atom is 0.410 e. The smallest absolute Gasteiger partial charge is 0.410 e. The molecule has 272 valence electrons. The minimum absolute atomic E-state index is 0.0203. The third-order valence-corrected chi connectivity index (χ3v) is 9.72. The van der Waals surface area contributed by atoms with Crippen molar-refractivity contribution < 1.29 is 48.7 Å². The van der Waals surface area contributed by atoms with Crippen molar-refractivity contribution in [2.45, 2.75) is 128 Å². The Morgan fingerprint density at radius 2 is 1.88 bits per heavy atom. The number of ether oxygens (including phenoxy) is 4. The monoisotopic (exact) mass is 678 g/mol. The molecule has 10 atom stereocenters. The Kier molecular flexibility index (Phi) is 14.3. The fourth-order valence-corrected chi connectivity index (χ4v) is 6.33. The summed E-state index contributed by atoms with van der Waals surface area (Å²) in [5.41, 5.74) is -1.81. The molecule has 0 aromatic rings. The van der Waals surface area contributed by atoms with E-state index in [1.807, 2.05) is 34.7 Å². The van der Waals surface area contributed by atoms with E-state index >= 15 is 0 Å². The summed E-state index contributed by atoms with van der Waals surface area (Å²) in [4.78, 5) is 42.2. The molecule has 0 spiro atoms. The molecule has 48 heavy (non-hydrogen) atoms. The number of esters is 2. The largest absolute Gasteiger partial charge is 0.457 e. The van der Waals surface area contributed by atoms with Gasteiger partial charge in [-0.15, -0.1) is 0 Å². The van der Waals surface area contributed by atoms with Gasteiger partial charge < -0.3 is 44.1 Å². The van der Waals surface area contributed by atoms with Crippen LogP contribution in [0.5, 0.6) is 0 Å². The lowest BCUT2D eigenvalue weighted by Crippen LogP contribution is -2.52. The Morgan fingerprint density at radius 3 is 2.50 bits per heavy atom. The molecule has 3 aliphatic rings. The van der Waals surface area contributed by atoms with Gasteiger partial charge in [-0.1, -0.05) is 45.1 Å². The highest BCUT2D eigenvalue weighted by molar-refractivity contribution is 5.71. The third kappa shape index (κ3) is 11.7. The molecule has 12 heteroatoms. The molecular formula is C36H58N2O10. The Labute approximate surface area is 285 Å². The number of epoxide rings is 1. The van der Waals surface area contributed by atoms with Gasteiger partial charge in [0.1, 0.15) is 6.10 Å². The molecule has 2 saturated heterocycles. The second-order valence-electron chi connectivity index (χ2n) is 14.4. The van der Waals surface area contributed by atoms with E-state index in [2.05, 4.69) is 4.90 Å². The van der Waals surface area contributed by atoms with E-state index in [9.17, 15) is 29.7 Å². The van der Waals surface area contributed by atoms with Crippen LogP contribution in [0.25, 0.3) is 0 Å². The van der Waals surface area contributed by atoms with Crippen molar-refractivity contribution in [2.75, 3.05) is 33.2 Å². The van der Waals surface area contributed by atoms with Crippen molar-refractivity contribution >= 4 is 18.0 Å². The van der Waals surface area contributed by atoms with Crippen LogP contribution < -0.4 is 0 Å². The Bertz CT molecular complexity index is 1190. The fraction of sp³-hybridized carbons (Fsp3) is 0.750. The van der Waals surface area contributed by atoms with Gasteiger partial charge in [0.2, 0.25) is 0 Å². The molecule has 1 amide bonds. The molecular weight excluding hydrogens is 620 g/mol. The molecule has 12 nitrogen and oxygen atoms in total. The number of rotatable bonds is 10. The van der Waals surface area contributed by atoms with E-state index in [-0.39, 0.29) is 37.4 Å². The highest BCUT2D eigenvalue weighted by Crippen LogP contribution is 2.38. The number of nitrogens with zero attached hydrogens (tertiary/aromatic N) is 2. The number of carbonyl (C=O) groups is 3. The van der Waals surface area contributed by atoms with Crippen molar-refractivity contribution in [2.24, 2.45) is 11.8 Å². The first-order valence-corrected chi connectivity index (χ1v) is 17.3. The molecule has 0 saturated carbocycles. The highest BCUT2D eigenvalue weighted by atomic mass is 16.6. The highest BCUT2D eigenvalue weighted by Gasteiger charge is 2.47. The third-order valence-electron chi connectivity index (χ3n) is 9.72. The van der Waals surface area contributed by atoms with Crippen LogP contribution in [0.2, 0.25) is 0 Å². The summed E-state index contributed by atoms with van der Waals surface area (Å²) in [6.07, 6.45) is 5.55. The zero-order chi connectivity index (χ0) is 35.8. The number of likely N-dealkylation sites (N-methyl/N-ethyl adjacent to an activating group) is 1. The number of carbonyl (C=O) groups excluding carboxylic acids is 3. The number of allylic oxidation sites excluding steroid dienone is 2. The summed E-state index contributed by atoms with van der Waals surface area (Å²) < 4.78 is 23.4. The van der Waals surface area contributed by atoms with Crippen LogP contribution in [0, 0.1) is 11.8 Å². The number of aliphatic hydroxyl groups excluding tert-OH is 2. The molecule has 0 aromatic heterocycles. The predicted octanol–water partition coefficient (Wildman–Crippen LogP) is 3.53. The van der Waals surface area contributed by atoms with Crippen molar-refractivity contribution in [3.05, 3.63) is 36.0 Å². The first-order valence-electron chi connectivity index (χ1n) is 17.3. The zero-order valence-corrected chi connectivity index (χ0v) is 30.0. The van der Waals surface area contributed by atoms with Crippen LogP contribution >= 0.6 is 0 Å². The molecule has 0 bridgehead atoms. The first kappa shape index (κ1) is 39.7. The molecule has 10 unspecified atom stereocenters. The van der Waals surface area contributed by atoms with Gasteiger partial charge in [-0.05, 0) is 58.7 Å². The molecule has 3 heterocycles. The van der Waals surface area contributed by atoms with Crippen molar-refractivity contribution in [1.29, 1.82) is 0 Å². The number of aliphatic hydroxyl groups is 3. The van der Waals surface area contributed by atoms with E-state index in [0.29, 0.717) is 44.6 Å². The molecule has 0 aliphatic carbocycles. The van der Waals surface area contributed by atoms with E-state index < -0.39 is 59.6 Å². The van der Waals surface area contributed by atoms with Gasteiger partial charge in [-0.3, -0.25) is 9.59 Å². The van der Waals surface area contributed by atoms with Gasteiger partial charge in [0, 0.05) is 51.4 Å². The van der Waals surface area contributed by atoms with Crippen LogP contribution in [0.3, 0.4) is 0 Å². The lowest BCUT2D eigenvalue weighted by molar-refractivity contribution is -0.158. The lowest BCUT2D eigenvalue weighted by atomic mass is 9.88. The number of piperazine rings is 1. The van der Waals surface area contributed by atoms with Gasteiger partial charge in [0.25, 0.3) is 0 Å². The van der Waals surface area contributed by atoms with Crippen molar-refractivity contribution in [1.82, 2.24) is 9.80 Å². The standard InChI is InChI=1S/C36H58N2O10/c1-9-28(41)25(4)33-29(46-33)22-35(6,44)15-10-11-23(2)32-24(3)12-13-30(45-26(5)39)36(7,16-14-27(40)21-31(42)47-32)48-34(43)38-19-17-37(8)18-20-38/h10-13,15,24-25,27-30,32-33,40-41,44H,9,14,16-22H2,1-8H3/b13-12-,15-10+,23-11+. The number of cyclic esters (lactones) is 1. The molecule has 2 fully saturated rings. The first-order chi connectivity index (χ1) is 22.4. The minimum atomic E-state index is -1.32. The summed E-state index contributed by atoms with van der Waals surface area (Å²) in [5.74, 6) is -1.56. The van der Waals surface area contributed by atoms with Gasteiger partial charge in [0.15, 0.2) is 11.7 Å². The summed E-state index contributed by atoms with van der Waals surface area (Å²) >= 11 is 0. The molecule has 0 aromatic carbocycles. The topological polar surface area (TPSA) is 159 Å². The SMILES string of the molecule is CCC(O)C(C)C1OC1CC(C)(O)/C=C/C=C(\C)C1OC(=O)CC(O)CCC(C)(OC(=O)N2CCN(C)CC2)C(OC(C)=O)/C=C\C1C. The number of hydrogen-bond acceptors (Lipinski definition) is 11. The zero-order valence-electron chi connectivity index (χ0n) is 30.0. The van der Waals surface area contributed by atoms with E-state index in [0.717, 1.165) is 0 Å². The molecule has 3 aliphatic heterocycles. The Hall–Kier alpha value is -2.77. The molecule has 0 radical (unpaired) electrons. The van der Waals surface area contributed by atoms with E-state index in [1.165, 1.54) is 6.92 Å². The van der Waals surface area contributed by atoms with Gasteiger partial charge >= 0.3 is 18.0 Å². The molecule has 3 N–H and O–H groups in total. The average Bonchev–Trinajstić information content (AvgIpc) is 3.77. The Balaban J connectivity index is 1.80. The fourth-order valence-electron chi connectivity index (χ4n) is 6.33. The average molecular weight is 679 g/mol. The maximum absolute atomic E-state index is 13.3. The van der Waals surface area contributed by atoms with Crippen LogP contribution in [-0.4, -0.2) is 124 Å². The van der Waals surface area contributed by atoms with E-state index in [4.69, 9.17) is 18.9 Å². The van der Waals surface area contributed by atoms with Crippen molar-refractivity contribution in [3.8, 4) is 0 Å². The second-order valence-corrected chi connectivity index (χ2v) is 14.4. The van der Waals surface area contributed by atoms with Gasteiger partial charge in [-0.25, -0.2) is 4.79 Å². The summed E-state index contributed by atoms with van der Waals surface area (Å²) in [6, 6.07) is 0. The summed E-state index contributed by atoms with van der Waals surface area (Å²) in [6.45, 7) is 14.6. The quantitative estimate of drug-likeness (QED) is 0.102. The van der Waals surface area contributed by atoms with Crippen molar-refractivity contribution in [3.63, 3.8) is 0 Å². The summed E-state index contributed by atoms with van der Waals surface area (Å²) in [7, 11) is 1.98. The number of hydrogen-bond donors (Lipinski definition) is 3. The molecule has 3 rings (SSSR count). The minimum Gasteiger partial charge on any atom is -0.457 e. The van der Waals surface area contributed by atoms with Crippen LogP contribution in [0.15, 0.2) is 36.0 Å². The van der Waals surface area contributed by atoms with Crippen LogP contribution in [0.1, 0.15) is 80.6 Å². The van der Waals surface area contributed by atoms with Gasteiger partial charge in [-0.2, -0.15) is 0 Å². The second kappa shape index (κ2) is 17.2. The Morgan fingerprint density at radius 1 is 1.21 bits per heavy atom. The van der Waals surface area contributed by atoms with E-state index in [1.54, 1.807) is 49.1 Å². The van der Waals surface area contributed by atoms with Crippen LogP contribution in [-0.2, 0) is 28.5 Å². The maximum atomic E-state index is 13.3. The van der Waals surface area contributed by atoms with Crippen LogP contribution in [0.4, 0.5) is 4.79 Å². The van der Waals surface area contributed by atoms with Gasteiger partial charge in [0.05, 0.1) is 36.4 Å².